The van der Waals surface area contributed by atoms with Crippen molar-refractivity contribution in [3.8, 4) is 5.75 Å². The quantitative estimate of drug-likeness (QED) is 0.652. The Kier molecular flexibility index (Phi) is 5.13. The largest absolute Gasteiger partial charge is 0.492 e. The summed E-state index contributed by atoms with van der Waals surface area (Å²) in [6.07, 6.45) is 3.39. The lowest BCUT2D eigenvalue weighted by molar-refractivity contribution is 0.0665. The zero-order valence-electron chi connectivity index (χ0n) is 14.7. The van der Waals surface area contributed by atoms with Gasteiger partial charge in [0.05, 0.1) is 11.6 Å². The van der Waals surface area contributed by atoms with E-state index in [0.717, 1.165) is 18.4 Å². The summed E-state index contributed by atoms with van der Waals surface area (Å²) in [7, 11) is 2.20. The number of halogens is 3. The van der Waals surface area contributed by atoms with Gasteiger partial charge in [0.25, 0.3) is 0 Å². The third-order valence-electron chi connectivity index (χ3n) is 6.06. The third kappa shape index (κ3) is 3.33. The van der Waals surface area contributed by atoms with Crippen molar-refractivity contribution in [2.45, 2.75) is 37.3 Å². The second-order valence-corrected chi connectivity index (χ2v) is 8.17. The predicted molar refractivity (Wildman–Crippen MR) is 104 cm³/mol. The summed E-state index contributed by atoms with van der Waals surface area (Å²) in [5, 5.41) is 0.942. The van der Waals surface area contributed by atoms with Crippen LogP contribution in [0.3, 0.4) is 0 Å². The number of nitrogens with zero attached hydrogens (tertiary/aromatic N) is 1. The first-order valence-corrected chi connectivity index (χ1v) is 9.84. The minimum atomic E-state index is -0.175. The van der Waals surface area contributed by atoms with E-state index in [1.807, 2.05) is 18.2 Å². The van der Waals surface area contributed by atoms with Crippen LogP contribution in [0.1, 0.15) is 30.7 Å². The van der Waals surface area contributed by atoms with Gasteiger partial charge in [-0.3, -0.25) is 0 Å². The number of rotatable bonds is 4. The third-order valence-corrected chi connectivity index (χ3v) is 6.86. The Morgan fingerprint density at radius 3 is 2.77 bits per heavy atom. The number of benzene rings is 2. The standard InChI is InChI=1S/C21H22Cl2FNO/c1-25-15-8-9-19(25)17(12-26-20-7-3-6-18(22)21(20)23)16(11-15)13-4-2-5-14(24)10-13/h2-7,10,15-17,19H,8-9,11-12H2,1H3/t15?,16-,17-,19?/m0/s1. The summed E-state index contributed by atoms with van der Waals surface area (Å²) < 4.78 is 19.9. The molecule has 0 amide bonds. The molecule has 2 fully saturated rings. The van der Waals surface area contributed by atoms with Crippen LogP contribution < -0.4 is 4.74 Å². The van der Waals surface area contributed by atoms with E-state index in [1.54, 1.807) is 18.2 Å². The van der Waals surface area contributed by atoms with Crippen LogP contribution in [0.15, 0.2) is 42.5 Å². The molecule has 2 heterocycles. The maximum Gasteiger partial charge on any atom is 0.139 e. The van der Waals surface area contributed by atoms with Gasteiger partial charge in [0.2, 0.25) is 0 Å². The molecule has 0 radical (unpaired) electrons. The van der Waals surface area contributed by atoms with Gasteiger partial charge < -0.3 is 9.64 Å². The highest BCUT2D eigenvalue weighted by molar-refractivity contribution is 6.42. The minimum absolute atomic E-state index is 0.175. The number of ether oxygens (including phenoxy) is 1. The Hall–Kier alpha value is -1.29. The van der Waals surface area contributed by atoms with Crippen molar-refractivity contribution in [1.82, 2.24) is 4.90 Å². The van der Waals surface area contributed by atoms with E-state index < -0.39 is 0 Å². The number of fused-ring (bicyclic) bond motifs is 2. The van der Waals surface area contributed by atoms with Crippen LogP contribution in [0.5, 0.6) is 5.75 Å². The molecule has 26 heavy (non-hydrogen) atoms. The highest BCUT2D eigenvalue weighted by atomic mass is 35.5. The summed E-state index contributed by atoms with van der Waals surface area (Å²) in [6.45, 7) is 0.545. The van der Waals surface area contributed by atoms with Crippen molar-refractivity contribution < 1.29 is 9.13 Å². The van der Waals surface area contributed by atoms with Crippen LogP contribution in [-0.2, 0) is 0 Å². The molecule has 4 rings (SSSR count). The minimum Gasteiger partial charge on any atom is -0.492 e. The molecule has 138 valence electrons. The van der Waals surface area contributed by atoms with E-state index in [-0.39, 0.29) is 17.7 Å². The molecule has 4 atom stereocenters. The molecule has 0 aromatic heterocycles. The van der Waals surface area contributed by atoms with Gasteiger partial charge in [0.15, 0.2) is 0 Å². The smallest absolute Gasteiger partial charge is 0.139 e. The molecule has 0 N–H and O–H groups in total. The lowest BCUT2D eigenvalue weighted by Crippen LogP contribution is -2.47. The normalized spacial score (nSPS) is 28.3. The van der Waals surface area contributed by atoms with E-state index in [0.29, 0.717) is 34.5 Å². The second kappa shape index (κ2) is 7.38. The maximum absolute atomic E-state index is 13.8. The first kappa shape index (κ1) is 18.1. The average molecular weight is 394 g/mol. The molecule has 2 bridgehead atoms. The molecular formula is C21H22Cl2FNO. The Bertz CT molecular complexity index is 799. The summed E-state index contributed by atoms with van der Waals surface area (Å²) in [4.78, 5) is 2.48. The lowest BCUT2D eigenvalue weighted by atomic mass is 9.76. The molecule has 0 aliphatic carbocycles. The molecule has 2 aromatic rings. The molecule has 2 saturated heterocycles. The second-order valence-electron chi connectivity index (χ2n) is 7.39. The summed E-state index contributed by atoms with van der Waals surface area (Å²) in [5.41, 5.74) is 1.07. The van der Waals surface area contributed by atoms with Crippen LogP contribution in [-0.4, -0.2) is 30.6 Å². The van der Waals surface area contributed by atoms with Crippen molar-refractivity contribution in [2.75, 3.05) is 13.7 Å². The Morgan fingerprint density at radius 2 is 1.96 bits per heavy atom. The fraction of sp³-hybridized carbons (Fsp3) is 0.429. The van der Waals surface area contributed by atoms with Gasteiger partial charge >= 0.3 is 0 Å². The molecule has 5 heteroatoms. The molecule has 0 saturated carbocycles. The van der Waals surface area contributed by atoms with E-state index >= 15 is 0 Å². The van der Waals surface area contributed by atoms with Gasteiger partial charge in [0.1, 0.15) is 16.6 Å². The van der Waals surface area contributed by atoms with Gasteiger partial charge in [-0.2, -0.15) is 0 Å². The van der Waals surface area contributed by atoms with E-state index in [2.05, 4.69) is 11.9 Å². The average Bonchev–Trinajstić information content (AvgIpc) is 2.87. The summed E-state index contributed by atoms with van der Waals surface area (Å²) >= 11 is 12.4. The monoisotopic (exact) mass is 393 g/mol. The number of piperidine rings is 1. The zero-order chi connectivity index (χ0) is 18.3. The van der Waals surface area contributed by atoms with E-state index in [1.165, 1.54) is 12.5 Å². The van der Waals surface area contributed by atoms with Gasteiger partial charge in [-0.05, 0) is 62.1 Å². The molecule has 0 spiro atoms. The predicted octanol–water partition coefficient (Wildman–Crippen LogP) is 5.78. The lowest BCUT2D eigenvalue weighted by Gasteiger charge is -2.43. The van der Waals surface area contributed by atoms with Crippen molar-refractivity contribution >= 4 is 23.2 Å². The van der Waals surface area contributed by atoms with Crippen molar-refractivity contribution in [3.63, 3.8) is 0 Å². The highest BCUT2D eigenvalue weighted by Gasteiger charge is 2.46. The van der Waals surface area contributed by atoms with E-state index in [4.69, 9.17) is 27.9 Å². The SMILES string of the molecule is CN1C2CCC1[C@@H](COc1cccc(Cl)c1Cl)[C@H](c1cccc(F)c1)C2. The highest BCUT2D eigenvalue weighted by Crippen LogP contribution is 2.46. The molecule has 2 aromatic carbocycles. The van der Waals surface area contributed by atoms with Gasteiger partial charge in [-0.15, -0.1) is 0 Å². The molecular weight excluding hydrogens is 372 g/mol. The van der Waals surface area contributed by atoms with Crippen LogP contribution in [0.2, 0.25) is 10.0 Å². The molecule has 2 aliphatic heterocycles. The van der Waals surface area contributed by atoms with Crippen molar-refractivity contribution in [3.05, 3.63) is 63.9 Å². The summed E-state index contributed by atoms with van der Waals surface area (Å²) in [5.74, 6) is 1.01. The van der Waals surface area contributed by atoms with Crippen molar-refractivity contribution in [2.24, 2.45) is 5.92 Å². The maximum atomic E-state index is 13.8. The summed E-state index contributed by atoms with van der Waals surface area (Å²) in [6, 6.07) is 13.5. The van der Waals surface area contributed by atoms with Gasteiger partial charge in [-0.25, -0.2) is 4.39 Å². The number of hydrogen-bond donors (Lipinski definition) is 0. The van der Waals surface area contributed by atoms with Gasteiger partial charge in [0, 0.05) is 18.0 Å². The number of hydrogen-bond acceptors (Lipinski definition) is 2. The Labute approximate surface area is 163 Å². The van der Waals surface area contributed by atoms with Crippen LogP contribution in [0, 0.1) is 11.7 Å². The fourth-order valence-corrected chi connectivity index (χ4v) is 5.05. The van der Waals surface area contributed by atoms with Crippen LogP contribution in [0.4, 0.5) is 4.39 Å². The molecule has 2 unspecified atom stereocenters. The van der Waals surface area contributed by atoms with E-state index in [9.17, 15) is 4.39 Å². The van der Waals surface area contributed by atoms with Crippen LogP contribution in [0.25, 0.3) is 0 Å². The fourth-order valence-electron chi connectivity index (χ4n) is 4.71. The Morgan fingerprint density at radius 1 is 1.15 bits per heavy atom. The first-order valence-electron chi connectivity index (χ1n) is 9.09. The molecule has 2 nitrogen and oxygen atoms in total. The Balaban J connectivity index is 1.60. The van der Waals surface area contributed by atoms with Gasteiger partial charge in [-0.1, -0.05) is 41.4 Å². The topological polar surface area (TPSA) is 12.5 Å². The zero-order valence-corrected chi connectivity index (χ0v) is 16.2. The molecule has 2 aliphatic rings. The van der Waals surface area contributed by atoms with Crippen molar-refractivity contribution in [1.29, 1.82) is 0 Å². The first-order chi connectivity index (χ1) is 12.5. The van der Waals surface area contributed by atoms with Crippen LogP contribution >= 0.6 is 23.2 Å².